The largest absolute Gasteiger partial charge is 0.487 e. The van der Waals surface area contributed by atoms with Gasteiger partial charge in [0.15, 0.2) is 24.1 Å². The van der Waals surface area contributed by atoms with Gasteiger partial charge < -0.3 is 33.5 Å². The zero-order valence-electron chi connectivity index (χ0n) is 16.7. The summed E-state index contributed by atoms with van der Waals surface area (Å²) in [6.07, 6.45) is 5.76. The van der Waals surface area contributed by atoms with Gasteiger partial charge in [0.05, 0.1) is 18.8 Å². The molecule has 2 saturated heterocycles. The van der Waals surface area contributed by atoms with E-state index < -0.39 is 5.97 Å². The van der Waals surface area contributed by atoms with Crippen LogP contribution in [0.5, 0.6) is 11.5 Å². The van der Waals surface area contributed by atoms with Crippen LogP contribution in [0.4, 0.5) is 0 Å². The number of hydrogen-bond donors (Lipinski definition) is 1. The van der Waals surface area contributed by atoms with Crippen LogP contribution in [-0.2, 0) is 18.9 Å². The molecule has 0 bridgehead atoms. The number of rotatable bonds is 11. The molecule has 0 radical (unpaired) electrons. The monoisotopic (exact) mass is 410 g/mol. The van der Waals surface area contributed by atoms with E-state index in [0.717, 1.165) is 51.7 Å². The summed E-state index contributed by atoms with van der Waals surface area (Å²) in [5.41, 5.74) is 0.135. The number of hydrogen-bond acceptors (Lipinski definition) is 7. The third kappa shape index (κ3) is 7.47. The highest BCUT2D eigenvalue weighted by Gasteiger charge is 2.16. The predicted molar refractivity (Wildman–Crippen MR) is 103 cm³/mol. The van der Waals surface area contributed by atoms with Crippen molar-refractivity contribution in [3.05, 3.63) is 23.8 Å². The first-order valence-corrected chi connectivity index (χ1v) is 10.3. The molecule has 2 fully saturated rings. The van der Waals surface area contributed by atoms with Crippen molar-refractivity contribution in [2.75, 3.05) is 39.6 Å². The number of carboxylic acids is 1. The van der Waals surface area contributed by atoms with Gasteiger partial charge in [0.25, 0.3) is 0 Å². The Morgan fingerprint density at radius 1 is 0.862 bits per heavy atom. The van der Waals surface area contributed by atoms with E-state index in [2.05, 4.69) is 0 Å². The summed E-state index contributed by atoms with van der Waals surface area (Å²) in [5.74, 6) is -0.185. The minimum absolute atomic E-state index is 0.135. The van der Waals surface area contributed by atoms with Crippen LogP contribution < -0.4 is 9.47 Å². The van der Waals surface area contributed by atoms with Gasteiger partial charge in [-0.15, -0.1) is 0 Å². The van der Waals surface area contributed by atoms with Crippen molar-refractivity contribution in [2.45, 2.75) is 51.1 Å². The molecule has 8 nitrogen and oxygen atoms in total. The fraction of sp³-hybridized carbons (Fsp3) is 0.667. The summed E-state index contributed by atoms with van der Waals surface area (Å²) in [6.45, 7) is 2.77. The molecule has 2 heterocycles. The molecule has 2 atom stereocenters. The quantitative estimate of drug-likeness (QED) is 0.556. The molecule has 1 aromatic carbocycles. The summed E-state index contributed by atoms with van der Waals surface area (Å²) in [7, 11) is 0. The smallest absolute Gasteiger partial charge is 0.335 e. The van der Waals surface area contributed by atoms with Gasteiger partial charge in [-0.2, -0.15) is 0 Å². The Balaban J connectivity index is 1.45. The molecular formula is C21H30O8. The Morgan fingerprint density at radius 3 is 1.97 bits per heavy atom. The van der Waals surface area contributed by atoms with E-state index in [-0.39, 0.29) is 24.8 Å². The minimum Gasteiger partial charge on any atom is -0.487 e. The molecule has 1 aromatic rings. The average molecular weight is 410 g/mol. The first-order valence-electron chi connectivity index (χ1n) is 10.3. The van der Waals surface area contributed by atoms with Crippen molar-refractivity contribution in [1.29, 1.82) is 0 Å². The maximum Gasteiger partial charge on any atom is 0.335 e. The first kappa shape index (κ1) is 21.8. The lowest BCUT2D eigenvalue weighted by atomic mass is 10.2. The third-order valence-electron chi connectivity index (χ3n) is 4.76. The van der Waals surface area contributed by atoms with Crippen LogP contribution in [-0.4, -0.2) is 63.3 Å². The average Bonchev–Trinajstić information content (AvgIpc) is 2.76. The second-order valence-corrected chi connectivity index (χ2v) is 7.00. The van der Waals surface area contributed by atoms with E-state index in [1.54, 1.807) is 6.07 Å². The van der Waals surface area contributed by atoms with Gasteiger partial charge in [-0.05, 0) is 56.7 Å². The standard InChI is InChI=1S/C21H30O8/c22-21(23)16-7-8-17(24-11-13-28-19-5-1-3-9-26-19)18(15-16)25-12-14-29-20-6-2-4-10-27-20/h7-8,15,19-20H,1-6,9-14H2,(H,22,23). The molecule has 2 unspecified atom stereocenters. The summed E-state index contributed by atoms with van der Waals surface area (Å²) in [6, 6.07) is 4.54. The molecule has 2 aliphatic heterocycles. The SMILES string of the molecule is O=C(O)c1ccc(OCCOC2CCCCO2)c(OCCOC2CCCCO2)c1. The molecule has 2 aliphatic rings. The van der Waals surface area contributed by atoms with Crippen LogP contribution in [0.2, 0.25) is 0 Å². The fourth-order valence-corrected chi connectivity index (χ4v) is 3.22. The van der Waals surface area contributed by atoms with Gasteiger partial charge in [-0.1, -0.05) is 0 Å². The van der Waals surface area contributed by atoms with Gasteiger partial charge >= 0.3 is 5.97 Å². The van der Waals surface area contributed by atoms with Crippen LogP contribution in [0.25, 0.3) is 0 Å². The second kappa shape index (κ2) is 12.0. The minimum atomic E-state index is -1.02. The zero-order valence-corrected chi connectivity index (χ0v) is 16.7. The normalized spacial score (nSPS) is 22.2. The molecule has 1 N–H and O–H groups in total. The maximum atomic E-state index is 11.3. The van der Waals surface area contributed by atoms with Gasteiger partial charge in [-0.3, -0.25) is 0 Å². The van der Waals surface area contributed by atoms with Crippen molar-refractivity contribution in [1.82, 2.24) is 0 Å². The highest BCUT2D eigenvalue weighted by Crippen LogP contribution is 2.29. The van der Waals surface area contributed by atoms with E-state index in [9.17, 15) is 9.90 Å². The van der Waals surface area contributed by atoms with E-state index >= 15 is 0 Å². The van der Waals surface area contributed by atoms with E-state index in [4.69, 9.17) is 28.4 Å². The van der Waals surface area contributed by atoms with Crippen molar-refractivity contribution >= 4 is 5.97 Å². The second-order valence-electron chi connectivity index (χ2n) is 7.00. The van der Waals surface area contributed by atoms with Crippen LogP contribution in [0.3, 0.4) is 0 Å². The summed E-state index contributed by atoms with van der Waals surface area (Å²) < 4.78 is 33.8. The zero-order chi connectivity index (χ0) is 20.3. The molecule has 0 amide bonds. The van der Waals surface area contributed by atoms with Crippen LogP contribution in [0.15, 0.2) is 18.2 Å². The molecule has 0 aliphatic carbocycles. The lowest BCUT2D eigenvalue weighted by molar-refractivity contribution is -0.166. The summed E-state index contributed by atoms with van der Waals surface area (Å²) in [5, 5.41) is 9.23. The van der Waals surface area contributed by atoms with E-state index in [1.165, 1.54) is 12.1 Å². The Kier molecular flexibility index (Phi) is 9.01. The topological polar surface area (TPSA) is 92.7 Å². The lowest BCUT2D eigenvalue weighted by Crippen LogP contribution is -2.24. The Bertz CT molecular complexity index is 623. The van der Waals surface area contributed by atoms with Gasteiger partial charge in [0.1, 0.15) is 13.2 Å². The molecule has 0 saturated carbocycles. The van der Waals surface area contributed by atoms with E-state index in [0.29, 0.717) is 31.3 Å². The van der Waals surface area contributed by atoms with Crippen LogP contribution in [0.1, 0.15) is 48.9 Å². The molecule has 0 aromatic heterocycles. The van der Waals surface area contributed by atoms with Gasteiger partial charge in [0.2, 0.25) is 0 Å². The number of ether oxygens (including phenoxy) is 6. The van der Waals surface area contributed by atoms with Gasteiger partial charge in [0, 0.05) is 13.2 Å². The van der Waals surface area contributed by atoms with Crippen molar-refractivity contribution in [3.8, 4) is 11.5 Å². The molecule has 162 valence electrons. The summed E-state index contributed by atoms with van der Waals surface area (Å²) >= 11 is 0. The summed E-state index contributed by atoms with van der Waals surface area (Å²) in [4.78, 5) is 11.3. The van der Waals surface area contributed by atoms with Gasteiger partial charge in [-0.25, -0.2) is 4.79 Å². The van der Waals surface area contributed by atoms with Crippen LogP contribution in [0, 0.1) is 0 Å². The van der Waals surface area contributed by atoms with Crippen LogP contribution >= 0.6 is 0 Å². The molecule has 8 heteroatoms. The molecular weight excluding hydrogens is 380 g/mol. The number of aromatic carboxylic acids is 1. The maximum absolute atomic E-state index is 11.3. The third-order valence-corrected chi connectivity index (χ3v) is 4.76. The molecule has 0 spiro atoms. The fourth-order valence-electron chi connectivity index (χ4n) is 3.22. The Labute approximate surface area is 171 Å². The first-order chi connectivity index (χ1) is 14.2. The van der Waals surface area contributed by atoms with Crippen molar-refractivity contribution in [2.24, 2.45) is 0 Å². The van der Waals surface area contributed by atoms with Crippen molar-refractivity contribution in [3.63, 3.8) is 0 Å². The van der Waals surface area contributed by atoms with Crippen molar-refractivity contribution < 1.29 is 38.3 Å². The Hall–Kier alpha value is -1.87. The van der Waals surface area contributed by atoms with E-state index in [1.807, 2.05) is 0 Å². The number of carboxylic acid groups (broad SMARTS) is 1. The number of carbonyl (C=O) groups is 1. The highest BCUT2D eigenvalue weighted by atomic mass is 16.7. The Morgan fingerprint density at radius 2 is 1.45 bits per heavy atom. The lowest BCUT2D eigenvalue weighted by Gasteiger charge is -2.23. The highest BCUT2D eigenvalue weighted by molar-refractivity contribution is 5.88. The number of benzene rings is 1. The molecule has 29 heavy (non-hydrogen) atoms. The molecule has 3 rings (SSSR count). The predicted octanol–water partition coefficient (Wildman–Crippen LogP) is 3.23.